The summed E-state index contributed by atoms with van der Waals surface area (Å²) in [5.41, 5.74) is -0.701. The largest absolute Gasteiger partial charge is 0.302 e. The van der Waals surface area contributed by atoms with Gasteiger partial charge in [-0.25, -0.2) is 0 Å². The summed E-state index contributed by atoms with van der Waals surface area (Å²) in [4.78, 5) is 22.2. The van der Waals surface area contributed by atoms with Crippen molar-refractivity contribution in [2.75, 3.05) is 0 Å². The van der Waals surface area contributed by atoms with Gasteiger partial charge in [-0.3, -0.25) is 4.79 Å². The highest BCUT2D eigenvalue weighted by Gasteiger charge is 2.43. The van der Waals surface area contributed by atoms with Crippen molar-refractivity contribution in [2.24, 2.45) is 11.3 Å². The van der Waals surface area contributed by atoms with E-state index in [0.717, 1.165) is 12.7 Å². The third-order valence-corrected chi connectivity index (χ3v) is 2.66. The van der Waals surface area contributed by atoms with Crippen LogP contribution in [0.1, 0.15) is 40.0 Å². The number of hydrogen-bond acceptors (Lipinski definition) is 2. The minimum atomic E-state index is -0.701. The number of ketones is 1. The Balaban J connectivity index is 0.000000791. The van der Waals surface area contributed by atoms with Gasteiger partial charge in [0, 0.05) is 5.92 Å². The van der Waals surface area contributed by atoms with Crippen molar-refractivity contribution in [3.8, 4) is 0 Å². The van der Waals surface area contributed by atoms with Crippen LogP contribution >= 0.6 is 0 Å². The Hall–Kier alpha value is -0.920. The van der Waals surface area contributed by atoms with Crippen LogP contribution in [0.5, 0.6) is 0 Å². The Morgan fingerprint density at radius 3 is 2.50 bits per heavy atom. The monoisotopic (exact) mass is 196 g/mol. The second kappa shape index (κ2) is 5.74. The summed E-state index contributed by atoms with van der Waals surface area (Å²) in [7, 11) is 0. The van der Waals surface area contributed by atoms with Crippen molar-refractivity contribution in [2.45, 2.75) is 40.0 Å². The summed E-state index contributed by atoms with van der Waals surface area (Å²) >= 11 is 0. The molecule has 2 heteroatoms. The molecule has 1 saturated carbocycles. The minimum absolute atomic E-state index is 0.0395. The van der Waals surface area contributed by atoms with Gasteiger partial charge in [-0.2, -0.15) is 0 Å². The molecule has 80 valence electrons. The van der Waals surface area contributed by atoms with Crippen LogP contribution in [0.25, 0.3) is 0 Å². The van der Waals surface area contributed by atoms with Gasteiger partial charge < -0.3 is 4.79 Å². The van der Waals surface area contributed by atoms with E-state index in [4.69, 9.17) is 0 Å². The fourth-order valence-corrected chi connectivity index (χ4v) is 1.74. The summed E-state index contributed by atoms with van der Waals surface area (Å²) < 4.78 is 0. The minimum Gasteiger partial charge on any atom is -0.302 e. The molecule has 2 atom stereocenters. The number of carbonyl (C=O) groups is 2. The third kappa shape index (κ3) is 2.53. The molecule has 0 aromatic rings. The van der Waals surface area contributed by atoms with Crippen LogP contribution in [0, 0.1) is 11.3 Å². The lowest BCUT2D eigenvalue weighted by atomic mass is 9.87. The number of carbonyl (C=O) groups excluding carboxylic acids is 2. The first-order chi connectivity index (χ1) is 6.64. The van der Waals surface area contributed by atoms with Crippen LogP contribution in [0.4, 0.5) is 0 Å². The van der Waals surface area contributed by atoms with Crippen molar-refractivity contribution in [3.05, 3.63) is 12.7 Å². The molecule has 0 aromatic carbocycles. The molecule has 0 saturated heterocycles. The molecule has 0 radical (unpaired) electrons. The Labute approximate surface area is 86.4 Å². The van der Waals surface area contributed by atoms with E-state index in [9.17, 15) is 9.59 Å². The molecule has 0 bridgehead atoms. The molecule has 0 spiro atoms. The molecule has 1 rings (SSSR count). The maximum Gasteiger partial charge on any atom is 0.149 e. The van der Waals surface area contributed by atoms with E-state index in [1.165, 1.54) is 0 Å². The van der Waals surface area contributed by atoms with Gasteiger partial charge in [-0.1, -0.05) is 19.9 Å². The smallest absolute Gasteiger partial charge is 0.149 e. The van der Waals surface area contributed by atoms with E-state index in [1.54, 1.807) is 13.0 Å². The maximum atomic E-state index is 11.6. The molecule has 1 aliphatic carbocycles. The molecule has 0 heterocycles. The normalized spacial score (nSPS) is 30.5. The van der Waals surface area contributed by atoms with Gasteiger partial charge >= 0.3 is 0 Å². The number of rotatable bonds is 3. The molecule has 1 aliphatic rings. The van der Waals surface area contributed by atoms with Gasteiger partial charge in [-0.05, 0) is 26.2 Å². The average molecular weight is 196 g/mol. The highest BCUT2D eigenvalue weighted by Crippen LogP contribution is 2.37. The first-order valence-corrected chi connectivity index (χ1v) is 5.25. The highest BCUT2D eigenvalue weighted by atomic mass is 16.1. The standard InChI is InChI=1S/C10H14O2.C2H6/c1-3-4-8-5-6-10(2,7-11)9(8)12;1-2/h3,7-8H,1,4-6H2,2H3;1-2H3. The molecule has 0 amide bonds. The predicted octanol–water partition coefficient (Wildman–Crippen LogP) is 2.77. The lowest BCUT2D eigenvalue weighted by molar-refractivity contribution is -0.133. The molecule has 14 heavy (non-hydrogen) atoms. The summed E-state index contributed by atoms with van der Waals surface area (Å²) in [6.07, 6.45) is 4.79. The molecule has 0 N–H and O–H groups in total. The number of Topliss-reactive ketones (excluding diaryl/α,β-unsaturated/α-hetero) is 1. The van der Waals surface area contributed by atoms with Crippen molar-refractivity contribution in [3.63, 3.8) is 0 Å². The summed E-state index contributed by atoms with van der Waals surface area (Å²) in [6, 6.07) is 0. The van der Waals surface area contributed by atoms with Crippen molar-refractivity contribution in [1.29, 1.82) is 0 Å². The quantitative estimate of drug-likeness (QED) is 0.395. The van der Waals surface area contributed by atoms with Crippen LogP contribution in [-0.2, 0) is 9.59 Å². The SMILES string of the molecule is C=CCC1CCC(C)(C=O)C1=O.CC. The zero-order valence-corrected chi connectivity index (χ0v) is 9.38. The first kappa shape index (κ1) is 13.1. The van der Waals surface area contributed by atoms with Gasteiger partial charge in [0.15, 0.2) is 0 Å². The number of allylic oxidation sites excluding steroid dienone is 1. The fourth-order valence-electron chi connectivity index (χ4n) is 1.74. The zero-order valence-electron chi connectivity index (χ0n) is 9.38. The van der Waals surface area contributed by atoms with Gasteiger partial charge in [-0.15, -0.1) is 6.58 Å². The van der Waals surface area contributed by atoms with Crippen LogP contribution in [-0.4, -0.2) is 12.1 Å². The Bertz CT molecular complexity index is 220. The van der Waals surface area contributed by atoms with Crippen molar-refractivity contribution >= 4 is 12.1 Å². The van der Waals surface area contributed by atoms with Crippen LogP contribution < -0.4 is 0 Å². The second-order valence-electron chi connectivity index (χ2n) is 3.66. The Morgan fingerprint density at radius 1 is 1.57 bits per heavy atom. The van der Waals surface area contributed by atoms with E-state index >= 15 is 0 Å². The second-order valence-corrected chi connectivity index (χ2v) is 3.66. The third-order valence-electron chi connectivity index (χ3n) is 2.66. The average Bonchev–Trinajstić information content (AvgIpc) is 2.51. The predicted molar refractivity (Wildman–Crippen MR) is 58.1 cm³/mol. The van der Waals surface area contributed by atoms with E-state index < -0.39 is 5.41 Å². The van der Waals surface area contributed by atoms with Crippen molar-refractivity contribution < 1.29 is 9.59 Å². The number of aldehydes is 1. The first-order valence-electron chi connectivity index (χ1n) is 5.25. The maximum absolute atomic E-state index is 11.6. The molecule has 0 aromatic heterocycles. The molecule has 1 fully saturated rings. The topological polar surface area (TPSA) is 34.1 Å². The fraction of sp³-hybridized carbons (Fsp3) is 0.667. The van der Waals surface area contributed by atoms with Crippen LogP contribution in [0.15, 0.2) is 12.7 Å². The molecule has 0 aliphatic heterocycles. The van der Waals surface area contributed by atoms with E-state index in [2.05, 4.69) is 6.58 Å². The van der Waals surface area contributed by atoms with Crippen molar-refractivity contribution in [1.82, 2.24) is 0 Å². The lowest BCUT2D eigenvalue weighted by Gasteiger charge is -2.13. The molecule has 2 unspecified atom stereocenters. The highest BCUT2D eigenvalue weighted by molar-refractivity contribution is 6.00. The number of hydrogen-bond donors (Lipinski definition) is 0. The van der Waals surface area contributed by atoms with E-state index in [1.807, 2.05) is 13.8 Å². The van der Waals surface area contributed by atoms with Gasteiger partial charge in [0.05, 0.1) is 5.41 Å². The van der Waals surface area contributed by atoms with Gasteiger partial charge in [0.25, 0.3) is 0 Å². The van der Waals surface area contributed by atoms with Crippen LogP contribution in [0.3, 0.4) is 0 Å². The van der Waals surface area contributed by atoms with Gasteiger partial charge in [0.2, 0.25) is 0 Å². The van der Waals surface area contributed by atoms with Gasteiger partial charge in [0.1, 0.15) is 12.1 Å². The lowest BCUT2D eigenvalue weighted by Crippen LogP contribution is -2.26. The van der Waals surface area contributed by atoms with Crippen LogP contribution in [0.2, 0.25) is 0 Å². The van der Waals surface area contributed by atoms with E-state index in [-0.39, 0.29) is 11.7 Å². The summed E-state index contributed by atoms with van der Waals surface area (Å²) in [6.45, 7) is 9.32. The molecular formula is C12H20O2. The molecular weight excluding hydrogens is 176 g/mol. The Kier molecular flexibility index (Phi) is 5.36. The Morgan fingerprint density at radius 2 is 2.14 bits per heavy atom. The summed E-state index contributed by atoms with van der Waals surface area (Å²) in [5.74, 6) is 0.134. The summed E-state index contributed by atoms with van der Waals surface area (Å²) in [5, 5.41) is 0. The van der Waals surface area contributed by atoms with E-state index in [0.29, 0.717) is 12.8 Å². The zero-order chi connectivity index (χ0) is 11.2. The molecule has 2 nitrogen and oxygen atoms in total.